The first-order valence-electron chi connectivity index (χ1n) is 9.28. The second-order valence-electron chi connectivity index (χ2n) is 7.00. The summed E-state index contributed by atoms with van der Waals surface area (Å²) in [7, 11) is 1.37. The van der Waals surface area contributed by atoms with Gasteiger partial charge < -0.3 is 24.3 Å². The Kier molecular flexibility index (Phi) is 4.84. The second-order valence-corrected chi connectivity index (χ2v) is 7.00. The SMILES string of the molecule is COC(=O)c1ccc2nc(C(C)N3CCNCC3=O)n(CC3CCO3)c2c1. The molecule has 3 heterocycles. The number of carbonyl (C=O) groups excluding carboxylic acids is 2. The molecule has 27 heavy (non-hydrogen) atoms. The van der Waals surface area contributed by atoms with Gasteiger partial charge in [-0.25, -0.2) is 9.78 Å². The molecule has 8 nitrogen and oxygen atoms in total. The Morgan fingerprint density at radius 3 is 2.96 bits per heavy atom. The van der Waals surface area contributed by atoms with Crippen LogP contribution in [0.5, 0.6) is 0 Å². The molecule has 1 aromatic heterocycles. The Bertz CT molecular complexity index is 874. The minimum atomic E-state index is -0.378. The second kappa shape index (κ2) is 7.28. The molecule has 4 rings (SSSR count). The van der Waals surface area contributed by atoms with Gasteiger partial charge in [-0.1, -0.05) is 0 Å². The number of esters is 1. The number of aromatic nitrogens is 2. The summed E-state index contributed by atoms with van der Waals surface area (Å²) in [4.78, 5) is 31.0. The van der Waals surface area contributed by atoms with Gasteiger partial charge in [0.05, 0.1) is 48.9 Å². The summed E-state index contributed by atoms with van der Waals surface area (Å²) >= 11 is 0. The molecular weight excluding hydrogens is 348 g/mol. The van der Waals surface area contributed by atoms with Crippen molar-refractivity contribution < 1.29 is 19.1 Å². The summed E-state index contributed by atoms with van der Waals surface area (Å²) in [5.74, 6) is 0.511. The van der Waals surface area contributed by atoms with Crippen LogP contribution in [0.25, 0.3) is 11.0 Å². The molecule has 1 amide bonds. The monoisotopic (exact) mass is 372 g/mol. The van der Waals surface area contributed by atoms with Gasteiger partial charge in [0.25, 0.3) is 0 Å². The van der Waals surface area contributed by atoms with Crippen molar-refractivity contribution in [1.82, 2.24) is 19.8 Å². The van der Waals surface area contributed by atoms with Gasteiger partial charge in [0.1, 0.15) is 5.82 Å². The summed E-state index contributed by atoms with van der Waals surface area (Å²) in [5, 5.41) is 3.10. The lowest BCUT2D eigenvalue weighted by molar-refractivity contribution is -0.134. The van der Waals surface area contributed by atoms with Gasteiger partial charge in [-0.05, 0) is 31.5 Å². The van der Waals surface area contributed by atoms with Crippen LogP contribution in [0.4, 0.5) is 0 Å². The van der Waals surface area contributed by atoms with E-state index < -0.39 is 0 Å². The van der Waals surface area contributed by atoms with E-state index in [0.717, 1.165) is 36.4 Å². The van der Waals surface area contributed by atoms with E-state index in [1.54, 1.807) is 6.07 Å². The molecule has 0 aliphatic carbocycles. The van der Waals surface area contributed by atoms with Gasteiger partial charge >= 0.3 is 5.97 Å². The Balaban J connectivity index is 1.76. The van der Waals surface area contributed by atoms with Crippen molar-refractivity contribution in [3.05, 3.63) is 29.6 Å². The third-order valence-electron chi connectivity index (χ3n) is 5.35. The number of amides is 1. The maximum absolute atomic E-state index is 12.3. The van der Waals surface area contributed by atoms with E-state index in [4.69, 9.17) is 14.5 Å². The van der Waals surface area contributed by atoms with Crippen molar-refractivity contribution >= 4 is 22.9 Å². The first-order valence-corrected chi connectivity index (χ1v) is 9.28. The number of ether oxygens (including phenoxy) is 2. The molecule has 0 bridgehead atoms. The molecule has 2 aromatic rings. The predicted octanol–water partition coefficient (Wildman–Crippen LogP) is 1.10. The largest absolute Gasteiger partial charge is 0.465 e. The summed E-state index contributed by atoms with van der Waals surface area (Å²) in [6, 6.07) is 5.20. The van der Waals surface area contributed by atoms with Gasteiger partial charge in [-0.2, -0.15) is 0 Å². The fourth-order valence-electron chi connectivity index (χ4n) is 3.70. The number of imidazole rings is 1. The zero-order valence-corrected chi connectivity index (χ0v) is 15.6. The highest BCUT2D eigenvalue weighted by atomic mass is 16.5. The molecule has 2 aliphatic heterocycles. The highest BCUT2D eigenvalue weighted by molar-refractivity contribution is 5.93. The molecule has 2 unspecified atom stereocenters. The van der Waals surface area contributed by atoms with Gasteiger partial charge in [0.15, 0.2) is 0 Å². The summed E-state index contributed by atoms with van der Waals surface area (Å²) < 4.78 is 12.6. The Hall–Kier alpha value is -2.45. The topological polar surface area (TPSA) is 85.7 Å². The molecule has 2 aliphatic rings. The normalized spacial score (nSPS) is 21.2. The first kappa shape index (κ1) is 17.9. The third-order valence-corrected chi connectivity index (χ3v) is 5.35. The number of fused-ring (bicyclic) bond motifs is 1. The van der Waals surface area contributed by atoms with Crippen molar-refractivity contribution in [2.24, 2.45) is 0 Å². The Labute approximate surface area is 157 Å². The molecule has 2 atom stereocenters. The summed E-state index contributed by atoms with van der Waals surface area (Å²) in [5.41, 5.74) is 2.14. The van der Waals surface area contributed by atoms with Crippen LogP contribution in [0.1, 0.15) is 35.6 Å². The molecule has 1 aromatic carbocycles. The number of piperazine rings is 1. The molecule has 1 N–H and O–H groups in total. The average molecular weight is 372 g/mol. The van der Waals surface area contributed by atoms with Crippen molar-refractivity contribution in [2.45, 2.75) is 32.0 Å². The van der Waals surface area contributed by atoms with Crippen LogP contribution < -0.4 is 5.32 Å². The zero-order valence-electron chi connectivity index (χ0n) is 15.6. The Morgan fingerprint density at radius 1 is 1.48 bits per heavy atom. The fraction of sp³-hybridized carbons (Fsp3) is 0.526. The summed E-state index contributed by atoms with van der Waals surface area (Å²) in [6.07, 6.45) is 1.13. The van der Waals surface area contributed by atoms with Crippen LogP contribution in [0, 0.1) is 0 Å². The minimum Gasteiger partial charge on any atom is -0.465 e. The molecule has 2 fully saturated rings. The average Bonchev–Trinajstić information content (AvgIpc) is 3.01. The number of methoxy groups -OCH3 is 1. The van der Waals surface area contributed by atoms with Gasteiger partial charge in [0, 0.05) is 19.7 Å². The standard InChI is InChI=1S/C19H24N4O4/c1-12(22-7-6-20-10-17(22)24)18-21-15-4-3-13(19(25)26-2)9-16(15)23(18)11-14-5-8-27-14/h3-4,9,12,14,20H,5-8,10-11H2,1-2H3. The van der Waals surface area contributed by atoms with Crippen LogP contribution in [-0.2, 0) is 20.8 Å². The number of nitrogens with one attached hydrogen (secondary N) is 1. The smallest absolute Gasteiger partial charge is 0.337 e. The van der Waals surface area contributed by atoms with Gasteiger partial charge in [0.2, 0.25) is 5.91 Å². The molecular formula is C19H24N4O4. The number of nitrogens with zero attached hydrogens (tertiary/aromatic N) is 3. The lowest BCUT2D eigenvalue weighted by Crippen LogP contribution is -2.49. The number of hydrogen-bond acceptors (Lipinski definition) is 6. The maximum Gasteiger partial charge on any atom is 0.337 e. The van der Waals surface area contributed by atoms with Gasteiger partial charge in [-0.15, -0.1) is 0 Å². The van der Waals surface area contributed by atoms with E-state index in [1.807, 2.05) is 24.0 Å². The number of carbonyl (C=O) groups is 2. The van der Waals surface area contributed by atoms with E-state index >= 15 is 0 Å². The first-order chi connectivity index (χ1) is 13.1. The van der Waals surface area contributed by atoms with Crippen molar-refractivity contribution in [2.75, 3.05) is 33.4 Å². The molecule has 0 radical (unpaired) electrons. The van der Waals surface area contributed by atoms with Crippen LogP contribution in [0.2, 0.25) is 0 Å². The van der Waals surface area contributed by atoms with E-state index in [1.165, 1.54) is 7.11 Å². The summed E-state index contributed by atoms with van der Waals surface area (Å²) in [6.45, 7) is 5.20. The van der Waals surface area contributed by atoms with Crippen LogP contribution >= 0.6 is 0 Å². The molecule has 8 heteroatoms. The van der Waals surface area contributed by atoms with Crippen molar-refractivity contribution in [3.8, 4) is 0 Å². The highest BCUT2D eigenvalue weighted by Gasteiger charge is 2.30. The zero-order chi connectivity index (χ0) is 19.0. The molecule has 0 spiro atoms. The van der Waals surface area contributed by atoms with E-state index in [9.17, 15) is 9.59 Å². The third kappa shape index (κ3) is 3.30. The van der Waals surface area contributed by atoms with Crippen LogP contribution in [0.15, 0.2) is 18.2 Å². The fourth-order valence-corrected chi connectivity index (χ4v) is 3.70. The van der Waals surface area contributed by atoms with E-state index in [0.29, 0.717) is 25.2 Å². The van der Waals surface area contributed by atoms with Crippen LogP contribution in [0.3, 0.4) is 0 Å². The maximum atomic E-state index is 12.3. The van der Waals surface area contributed by atoms with Crippen molar-refractivity contribution in [3.63, 3.8) is 0 Å². The van der Waals surface area contributed by atoms with E-state index in [-0.39, 0.29) is 24.0 Å². The van der Waals surface area contributed by atoms with Crippen LogP contribution in [-0.4, -0.2) is 65.8 Å². The lowest BCUT2D eigenvalue weighted by atomic mass is 10.1. The Morgan fingerprint density at radius 2 is 2.30 bits per heavy atom. The van der Waals surface area contributed by atoms with Crippen molar-refractivity contribution in [1.29, 1.82) is 0 Å². The molecule has 0 saturated carbocycles. The lowest BCUT2D eigenvalue weighted by Gasteiger charge is -2.34. The minimum absolute atomic E-state index is 0.0718. The molecule has 144 valence electrons. The van der Waals surface area contributed by atoms with Gasteiger partial charge in [-0.3, -0.25) is 4.79 Å². The number of hydrogen-bond donors (Lipinski definition) is 1. The number of rotatable bonds is 5. The predicted molar refractivity (Wildman–Crippen MR) is 98.4 cm³/mol. The van der Waals surface area contributed by atoms with E-state index in [2.05, 4.69) is 9.88 Å². The highest BCUT2D eigenvalue weighted by Crippen LogP contribution is 2.28. The number of benzene rings is 1. The molecule has 2 saturated heterocycles. The quantitative estimate of drug-likeness (QED) is 0.792.